The smallest absolute Gasteiger partial charge is 0.358 e. The highest BCUT2D eigenvalue weighted by atomic mass is 32.1. The minimum absolute atomic E-state index is 0.348. The van der Waals surface area contributed by atoms with E-state index in [1.165, 1.54) is 23.3 Å². The number of thiol groups is 1. The first-order valence-corrected chi connectivity index (χ1v) is 9.45. The van der Waals surface area contributed by atoms with Gasteiger partial charge in [0.1, 0.15) is 0 Å². The molecular formula is C16H20NO6PS. The van der Waals surface area contributed by atoms with Crippen LogP contribution in [0.5, 0.6) is 0 Å². The van der Waals surface area contributed by atoms with Crippen molar-refractivity contribution in [3.63, 3.8) is 0 Å². The minimum Gasteiger partial charge on any atom is -0.376 e. The highest BCUT2D eigenvalue weighted by Gasteiger charge is 2.33. The molecule has 0 spiro atoms. The number of nitro benzene ring substituents is 1. The molecule has 2 rings (SSSR count). The predicted octanol–water partition coefficient (Wildman–Crippen LogP) is 3.75. The van der Waals surface area contributed by atoms with Gasteiger partial charge in [0.25, 0.3) is 5.69 Å². The van der Waals surface area contributed by atoms with E-state index in [1.54, 1.807) is 0 Å². The van der Waals surface area contributed by atoms with Crippen LogP contribution < -0.4 is 0 Å². The summed E-state index contributed by atoms with van der Waals surface area (Å²) in [5, 5.41) is 20.1. The van der Waals surface area contributed by atoms with Crippen molar-refractivity contribution in [3.05, 3.63) is 75.3 Å². The van der Waals surface area contributed by atoms with Crippen LogP contribution in [-0.4, -0.2) is 19.8 Å². The van der Waals surface area contributed by atoms with Crippen molar-refractivity contribution in [1.29, 1.82) is 0 Å². The van der Waals surface area contributed by atoms with Crippen LogP contribution in [-0.2, 0) is 4.57 Å². The Hall–Kier alpha value is -1.70. The van der Waals surface area contributed by atoms with E-state index < -0.39 is 29.6 Å². The number of aryl methyl sites for hydroxylation is 1. The van der Waals surface area contributed by atoms with Gasteiger partial charge in [0, 0.05) is 11.3 Å². The molecule has 0 radical (unpaired) electrons. The SMILES string of the molecule is Cc1ccccc1C(C)S.O=[N+]([O-])c1ccccc1C(O)P(=O)(O)O. The zero-order chi connectivity index (χ0) is 19.2. The molecule has 0 aliphatic carbocycles. The fourth-order valence-electron chi connectivity index (χ4n) is 2.11. The molecule has 0 amide bonds. The molecule has 0 fully saturated rings. The summed E-state index contributed by atoms with van der Waals surface area (Å²) in [4.78, 5) is 27.1. The Morgan fingerprint density at radius 2 is 1.56 bits per heavy atom. The fourth-order valence-corrected chi connectivity index (χ4v) is 2.98. The average Bonchev–Trinajstić information content (AvgIpc) is 2.54. The van der Waals surface area contributed by atoms with Crippen molar-refractivity contribution in [2.75, 3.05) is 0 Å². The van der Waals surface area contributed by atoms with Gasteiger partial charge in [0.05, 0.1) is 10.5 Å². The molecule has 2 aromatic rings. The molecule has 0 aliphatic rings. The number of nitrogens with zero attached hydrogens (tertiary/aromatic N) is 1. The summed E-state index contributed by atoms with van der Waals surface area (Å²) in [5.74, 6) is -2.17. The number of aliphatic hydroxyl groups is 1. The van der Waals surface area contributed by atoms with Crippen LogP contribution in [0.3, 0.4) is 0 Å². The molecule has 0 saturated heterocycles. The van der Waals surface area contributed by atoms with Crippen LogP contribution in [0.15, 0.2) is 48.5 Å². The van der Waals surface area contributed by atoms with Gasteiger partial charge in [-0.25, -0.2) is 0 Å². The van der Waals surface area contributed by atoms with Crippen molar-refractivity contribution >= 4 is 25.9 Å². The van der Waals surface area contributed by atoms with Gasteiger partial charge in [0.2, 0.25) is 0 Å². The third kappa shape index (κ3) is 6.26. The van der Waals surface area contributed by atoms with Crippen LogP contribution in [0.2, 0.25) is 0 Å². The average molecular weight is 385 g/mol. The number of hydrogen-bond donors (Lipinski definition) is 4. The molecule has 3 N–H and O–H groups in total. The Morgan fingerprint density at radius 3 is 1.96 bits per heavy atom. The maximum Gasteiger partial charge on any atom is 0.358 e. The summed E-state index contributed by atoms with van der Waals surface area (Å²) >= 11 is 4.36. The monoisotopic (exact) mass is 385 g/mol. The van der Waals surface area contributed by atoms with E-state index in [-0.39, 0.29) is 0 Å². The number of rotatable bonds is 4. The number of para-hydroxylation sites is 1. The summed E-state index contributed by atoms with van der Waals surface area (Å²) in [6.07, 6.45) is 0. The Bertz CT molecular complexity index is 777. The zero-order valence-corrected chi connectivity index (χ0v) is 15.5. The van der Waals surface area contributed by atoms with Crippen molar-refractivity contribution in [1.82, 2.24) is 0 Å². The molecule has 136 valence electrons. The van der Waals surface area contributed by atoms with Crippen LogP contribution in [0.25, 0.3) is 0 Å². The molecule has 0 bridgehead atoms. The molecular weight excluding hydrogens is 365 g/mol. The lowest BCUT2D eigenvalue weighted by atomic mass is 10.1. The van der Waals surface area contributed by atoms with E-state index >= 15 is 0 Å². The van der Waals surface area contributed by atoms with E-state index in [4.69, 9.17) is 9.79 Å². The first kappa shape index (κ1) is 21.3. The summed E-state index contributed by atoms with van der Waals surface area (Å²) in [6.45, 7) is 4.20. The molecule has 0 aromatic heterocycles. The second-order valence-electron chi connectivity index (χ2n) is 5.31. The minimum atomic E-state index is -4.79. The summed E-state index contributed by atoms with van der Waals surface area (Å²) in [5.41, 5.74) is 1.74. The maximum absolute atomic E-state index is 10.7. The van der Waals surface area contributed by atoms with Gasteiger partial charge in [-0.15, -0.1) is 0 Å². The van der Waals surface area contributed by atoms with E-state index in [9.17, 15) is 19.8 Å². The van der Waals surface area contributed by atoms with Gasteiger partial charge in [-0.1, -0.05) is 36.4 Å². The van der Waals surface area contributed by atoms with Gasteiger partial charge >= 0.3 is 7.60 Å². The molecule has 0 heterocycles. The lowest BCUT2D eigenvalue weighted by molar-refractivity contribution is -0.386. The van der Waals surface area contributed by atoms with Crippen molar-refractivity contribution in [2.24, 2.45) is 0 Å². The normalized spacial score (nSPS) is 13.4. The largest absolute Gasteiger partial charge is 0.376 e. The molecule has 25 heavy (non-hydrogen) atoms. The summed E-state index contributed by atoms with van der Waals surface area (Å²) in [7, 11) is -4.79. The van der Waals surface area contributed by atoms with Crippen LogP contribution in [0.1, 0.15) is 34.7 Å². The van der Waals surface area contributed by atoms with Gasteiger partial charge in [-0.3, -0.25) is 14.7 Å². The number of aliphatic hydroxyl groups excluding tert-OH is 1. The summed E-state index contributed by atoms with van der Waals surface area (Å²) in [6, 6.07) is 13.2. The molecule has 2 atom stereocenters. The quantitative estimate of drug-likeness (QED) is 0.275. The van der Waals surface area contributed by atoms with E-state index in [0.29, 0.717) is 5.25 Å². The Morgan fingerprint density at radius 1 is 1.08 bits per heavy atom. The zero-order valence-electron chi connectivity index (χ0n) is 13.7. The van der Waals surface area contributed by atoms with E-state index in [0.717, 1.165) is 12.1 Å². The fraction of sp³-hybridized carbons (Fsp3) is 0.250. The molecule has 2 aromatic carbocycles. The van der Waals surface area contributed by atoms with Crippen molar-refractivity contribution in [2.45, 2.75) is 24.9 Å². The lowest BCUT2D eigenvalue weighted by Gasteiger charge is -2.12. The van der Waals surface area contributed by atoms with Gasteiger partial charge in [-0.2, -0.15) is 12.6 Å². The van der Waals surface area contributed by atoms with Crippen molar-refractivity contribution in [3.8, 4) is 0 Å². The van der Waals surface area contributed by atoms with E-state index in [1.807, 2.05) is 0 Å². The Balaban J connectivity index is 0.000000271. The van der Waals surface area contributed by atoms with Crippen LogP contribution in [0, 0.1) is 17.0 Å². The standard InChI is InChI=1S/C9H12S.C7H8NO6P/c1-7-5-3-4-6-9(7)8(2)10;9-7(15(12,13)14)5-3-1-2-4-6(5)8(10)11/h3-6,8,10H,1-2H3;1-4,7,9H,(H2,12,13,14). The molecule has 7 nitrogen and oxygen atoms in total. The maximum atomic E-state index is 10.7. The first-order chi connectivity index (χ1) is 11.6. The lowest BCUT2D eigenvalue weighted by Crippen LogP contribution is -2.02. The topological polar surface area (TPSA) is 121 Å². The van der Waals surface area contributed by atoms with Crippen molar-refractivity contribution < 1.29 is 24.4 Å². The Kier molecular flexibility index (Phi) is 7.79. The number of benzene rings is 2. The molecule has 0 aliphatic heterocycles. The van der Waals surface area contributed by atoms with Gasteiger partial charge < -0.3 is 14.9 Å². The second-order valence-corrected chi connectivity index (χ2v) is 7.75. The second kappa shape index (κ2) is 9.12. The summed E-state index contributed by atoms with van der Waals surface area (Å²) < 4.78 is 10.7. The number of nitro groups is 1. The highest BCUT2D eigenvalue weighted by molar-refractivity contribution is 7.80. The van der Waals surface area contributed by atoms with Gasteiger partial charge in [-0.05, 0) is 31.0 Å². The number of hydrogen-bond acceptors (Lipinski definition) is 5. The van der Waals surface area contributed by atoms with Crippen LogP contribution >= 0.6 is 20.2 Å². The first-order valence-electron chi connectivity index (χ1n) is 7.26. The third-order valence-corrected chi connectivity index (χ3v) is 4.56. The van der Waals surface area contributed by atoms with E-state index in [2.05, 4.69) is 50.7 Å². The third-order valence-electron chi connectivity index (χ3n) is 3.37. The Labute approximate surface area is 151 Å². The van der Waals surface area contributed by atoms with Gasteiger partial charge in [0.15, 0.2) is 5.85 Å². The molecule has 9 heteroatoms. The molecule has 0 saturated carbocycles. The predicted molar refractivity (Wildman–Crippen MR) is 98.7 cm³/mol. The van der Waals surface area contributed by atoms with Crippen LogP contribution in [0.4, 0.5) is 5.69 Å². The molecule has 2 unspecified atom stereocenters. The highest BCUT2D eigenvalue weighted by Crippen LogP contribution is 2.51.